The van der Waals surface area contributed by atoms with Crippen LogP contribution in [0.4, 0.5) is 0 Å². The van der Waals surface area contributed by atoms with Crippen LogP contribution in [0.15, 0.2) is 188 Å². The molecule has 1 aliphatic heterocycles. The molecule has 9 aromatic rings. The van der Waals surface area contributed by atoms with E-state index in [4.69, 9.17) is 14.7 Å². The van der Waals surface area contributed by atoms with Crippen LogP contribution in [0.25, 0.3) is 73.0 Å². The van der Waals surface area contributed by atoms with E-state index in [9.17, 15) is 0 Å². The number of hydrogen-bond acceptors (Lipinski definition) is 3. The van der Waals surface area contributed by atoms with Gasteiger partial charge < -0.3 is 4.74 Å². The zero-order valence-corrected chi connectivity index (χ0v) is 31.0. The van der Waals surface area contributed by atoms with E-state index >= 15 is 0 Å². The van der Waals surface area contributed by atoms with Crippen molar-refractivity contribution in [1.29, 1.82) is 0 Å². The lowest BCUT2D eigenvalue weighted by atomic mass is 9.66. The Labute approximate surface area is 331 Å². The van der Waals surface area contributed by atoms with Gasteiger partial charge in [-0.3, -0.25) is 0 Å². The van der Waals surface area contributed by atoms with Gasteiger partial charge in [0.1, 0.15) is 11.5 Å². The molecule has 0 radical (unpaired) electrons. The Kier molecular flexibility index (Phi) is 6.91. The molecular formula is C54H34N2O. The number of para-hydroxylation sites is 1. The van der Waals surface area contributed by atoms with E-state index in [1.807, 2.05) is 18.2 Å². The van der Waals surface area contributed by atoms with Crippen molar-refractivity contribution in [3.8, 4) is 67.7 Å². The van der Waals surface area contributed by atoms with Gasteiger partial charge in [-0.25, -0.2) is 9.97 Å². The minimum absolute atomic E-state index is 0.470. The van der Waals surface area contributed by atoms with Gasteiger partial charge >= 0.3 is 0 Å². The molecule has 0 amide bonds. The Hall–Kier alpha value is -7.36. The summed E-state index contributed by atoms with van der Waals surface area (Å²) < 4.78 is 6.79. The largest absolute Gasteiger partial charge is 0.457 e. The zero-order chi connectivity index (χ0) is 37.5. The fraction of sp³-hybridized carbons (Fsp3) is 0.0370. The van der Waals surface area contributed by atoms with Gasteiger partial charge in [-0.2, -0.15) is 0 Å². The van der Waals surface area contributed by atoms with Gasteiger partial charge in [-0.15, -0.1) is 0 Å². The van der Waals surface area contributed by atoms with Crippen LogP contribution in [0.5, 0.6) is 11.5 Å². The lowest BCUT2D eigenvalue weighted by molar-refractivity contribution is 0.436. The van der Waals surface area contributed by atoms with Crippen LogP contribution in [0.3, 0.4) is 0 Å². The summed E-state index contributed by atoms with van der Waals surface area (Å²) in [6.45, 7) is 0. The van der Waals surface area contributed by atoms with E-state index in [0.29, 0.717) is 5.82 Å². The van der Waals surface area contributed by atoms with Crippen molar-refractivity contribution in [2.24, 2.45) is 0 Å². The molecule has 1 aromatic heterocycles. The first-order chi connectivity index (χ1) is 28.2. The molecule has 3 heteroatoms. The van der Waals surface area contributed by atoms with E-state index in [2.05, 4.69) is 176 Å². The first kappa shape index (κ1) is 31.9. The van der Waals surface area contributed by atoms with Crippen LogP contribution in [0, 0.1) is 0 Å². The molecular weight excluding hydrogens is 693 g/mol. The molecule has 2 aliphatic carbocycles. The Morgan fingerprint density at radius 3 is 1.88 bits per heavy atom. The maximum absolute atomic E-state index is 6.79. The van der Waals surface area contributed by atoms with Gasteiger partial charge in [-0.05, 0) is 92.0 Å². The lowest BCUT2D eigenvalue weighted by Crippen LogP contribution is -2.32. The molecule has 2 heterocycles. The number of hydrogen-bond donors (Lipinski definition) is 0. The van der Waals surface area contributed by atoms with Gasteiger partial charge in [0.2, 0.25) is 0 Å². The van der Waals surface area contributed by atoms with Crippen molar-refractivity contribution in [1.82, 2.24) is 9.97 Å². The van der Waals surface area contributed by atoms with Crippen LogP contribution < -0.4 is 4.74 Å². The van der Waals surface area contributed by atoms with E-state index < -0.39 is 5.41 Å². The maximum atomic E-state index is 6.79. The molecule has 0 fully saturated rings. The van der Waals surface area contributed by atoms with Gasteiger partial charge in [-0.1, -0.05) is 164 Å². The fourth-order valence-corrected chi connectivity index (χ4v) is 9.64. The van der Waals surface area contributed by atoms with Gasteiger partial charge in [0.05, 0.1) is 16.8 Å². The highest BCUT2D eigenvalue weighted by molar-refractivity contribution is 5.98. The molecule has 1 spiro atoms. The number of nitrogens with zero attached hydrogens (tertiary/aromatic N) is 2. The van der Waals surface area contributed by atoms with E-state index in [1.54, 1.807) is 0 Å². The summed E-state index contributed by atoms with van der Waals surface area (Å²) in [6.07, 6.45) is 5.46. The average Bonchev–Trinajstić information content (AvgIpc) is 3.57. The zero-order valence-electron chi connectivity index (χ0n) is 31.0. The van der Waals surface area contributed by atoms with Crippen molar-refractivity contribution in [3.05, 3.63) is 221 Å². The molecule has 3 nitrogen and oxygen atoms in total. The molecule has 0 atom stereocenters. The van der Waals surface area contributed by atoms with Crippen LogP contribution in [0.1, 0.15) is 33.4 Å². The third-order valence-corrected chi connectivity index (χ3v) is 12.1. The van der Waals surface area contributed by atoms with Crippen molar-refractivity contribution >= 4 is 16.8 Å². The Balaban J connectivity index is 0.962. The van der Waals surface area contributed by atoms with Crippen LogP contribution in [-0.2, 0) is 11.8 Å². The van der Waals surface area contributed by atoms with Crippen molar-refractivity contribution in [2.75, 3.05) is 0 Å². The summed E-state index contributed by atoms with van der Waals surface area (Å²) in [6, 6.07) is 65.3. The number of ether oxygens (including phenoxy) is 1. The third kappa shape index (κ3) is 4.79. The number of allylic oxidation sites excluding steroid dienone is 1. The monoisotopic (exact) mass is 726 g/mol. The Morgan fingerprint density at radius 2 is 1.09 bits per heavy atom. The molecule has 57 heavy (non-hydrogen) atoms. The second kappa shape index (κ2) is 12.3. The standard InChI is InChI=1S/C54H34N2O/c1-2-12-37(13-3-1)53-55-48(33-49(56-53)41-30-39-16-10-14-36-15-11-17-40(31-41)52(36)39)35-26-24-34(25-27-35)38-28-29-47-51(32-38)57-50-23-9-8-22-46(50)54(47)44-20-6-4-18-42(44)43-19-5-7-21-45(43)54/h1-14,16-33H,15H2. The second-order valence-electron chi connectivity index (χ2n) is 15.2. The summed E-state index contributed by atoms with van der Waals surface area (Å²) in [7, 11) is 0. The Bertz CT molecular complexity index is 3080. The molecule has 8 aromatic carbocycles. The maximum Gasteiger partial charge on any atom is 0.160 e. The van der Waals surface area contributed by atoms with Crippen LogP contribution in [-0.4, -0.2) is 9.97 Å². The molecule has 0 bridgehead atoms. The molecule has 12 rings (SSSR count). The molecule has 0 N–H and O–H groups in total. The van der Waals surface area contributed by atoms with Crippen LogP contribution in [0.2, 0.25) is 0 Å². The highest BCUT2D eigenvalue weighted by atomic mass is 16.5. The average molecular weight is 727 g/mol. The van der Waals surface area contributed by atoms with Gasteiger partial charge in [0, 0.05) is 27.8 Å². The second-order valence-corrected chi connectivity index (χ2v) is 15.2. The highest BCUT2D eigenvalue weighted by Crippen LogP contribution is 2.62. The summed E-state index contributed by atoms with van der Waals surface area (Å²) in [5.41, 5.74) is 16.7. The smallest absolute Gasteiger partial charge is 0.160 e. The molecule has 266 valence electrons. The quantitative estimate of drug-likeness (QED) is 0.181. The summed E-state index contributed by atoms with van der Waals surface area (Å²) in [4.78, 5) is 10.3. The first-order valence-electron chi connectivity index (χ1n) is 19.6. The predicted molar refractivity (Wildman–Crippen MR) is 231 cm³/mol. The third-order valence-electron chi connectivity index (χ3n) is 12.1. The summed E-state index contributed by atoms with van der Waals surface area (Å²) in [5.74, 6) is 2.48. The minimum Gasteiger partial charge on any atom is -0.457 e. The topological polar surface area (TPSA) is 35.0 Å². The SMILES string of the molecule is C1=Cc2cc(-c3cc(-c4ccc(-c5ccc6c(c5)Oc5ccccc5C65c6ccccc6-c6ccccc65)cc4)nc(-c4ccccc4)n3)cc3cccc(c23)C1. The number of fused-ring (bicyclic) bond motifs is 9. The minimum atomic E-state index is -0.470. The number of benzene rings is 8. The number of rotatable bonds is 4. The highest BCUT2D eigenvalue weighted by Gasteiger charge is 2.50. The van der Waals surface area contributed by atoms with Crippen molar-refractivity contribution < 1.29 is 4.74 Å². The Morgan fingerprint density at radius 1 is 0.439 bits per heavy atom. The molecule has 0 unspecified atom stereocenters. The van der Waals surface area contributed by atoms with Crippen molar-refractivity contribution in [2.45, 2.75) is 11.8 Å². The number of aromatic nitrogens is 2. The van der Waals surface area contributed by atoms with Crippen molar-refractivity contribution in [3.63, 3.8) is 0 Å². The van der Waals surface area contributed by atoms with Gasteiger partial charge in [0.25, 0.3) is 0 Å². The lowest BCUT2D eigenvalue weighted by Gasteiger charge is -2.39. The van der Waals surface area contributed by atoms with E-state index in [-0.39, 0.29) is 0 Å². The van der Waals surface area contributed by atoms with E-state index in [0.717, 1.165) is 62.7 Å². The molecule has 0 saturated heterocycles. The summed E-state index contributed by atoms with van der Waals surface area (Å²) >= 11 is 0. The normalized spacial score (nSPS) is 13.8. The van der Waals surface area contributed by atoms with Crippen LogP contribution >= 0.6 is 0 Å². The first-order valence-corrected chi connectivity index (χ1v) is 19.6. The fourth-order valence-electron chi connectivity index (χ4n) is 9.64. The van der Waals surface area contributed by atoms with Gasteiger partial charge in [0.15, 0.2) is 5.82 Å². The summed E-state index contributed by atoms with van der Waals surface area (Å²) in [5, 5.41) is 2.57. The predicted octanol–water partition coefficient (Wildman–Crippen LogP) is 13.3. The molecule has 3 aliphatic rings. The molecule has 0 saturated carbocycles. The van der Waals surface area contributed by atoms with E-state index in [1.165, 1.54) is 49.7 Å².